The van der Waals surface area contributed by atoms with E-state index in [4.69, 9.17) is 5.73 Å². The third-order valence-electron chi connectivity index (χ3n) is 2.91. The molecule has 2 atom stereocenters. The van der Waals surface area contributed by atoms with Crippen LogP contribution in [-0.2, 0) is 0 Å². The van der Waals surface area contributed by atoms with Gasteiger partial charge < -0.3 is 21.1 Å². The van der Waals surface area contributed by atoms with Gasteiger partial charge >= 0.3 is 0 Å². The lowest BCUT2D eigenvalue weighted by molar-refractivity contribution is 0.0145. The fourth-order valence-corrected chi connectivity index (χ4v) is 1.85. The van der Waals surface area contributed by atoms with Gasteiger partial charge in [0.1, 0.15) is 11.9 Å². The number of Topliss-reactive ketones (excluding diaryl/α,β-unsaturated/α-hetero) is 1. The molecule has 5 N–H and O–H groups in total. The van der Waals surface area contributed by atoms with E-state index in [0.29, 0.717) is 11.1 Å². The van der Waals surface area contributed by atoms with Crippen LogP contribution in [0.3, 0.4) is 0 Å². The molecule has 0 radical (unpaired) electrons. The van der Waals surface area contributed by atoms with Gasteiger partial charge in [0.15, 0.2) is 5.78 Å². The molecule has 1 rings (SSSR count). The van der Waals surface area contributed by atoms with E-state index in [1.165, 1.54) is 19.1 Å². The maximum absolute atomic E-state index is 11.2. The number of aromatic hydroxyl groups is 1. The first kappa shape index (κ1) is 14.6. The number of phenolic OH excluding ortho intramolecular Hbond substituents is 1. The van der Waals surface area contributed by atoms with E-state index in [9.17, 15) is 20.1 Å². The first-order valence-electron chi connectivity index (χ1n) is 5.79. The quantitative estimate of drug-likeness (QED) is 0.577. The number of carbonyl (C=O) groups excluding carboxylic acids is 1. The molecule has 5 nitrogen and oxygen atoms in total. The number of ketones is 1. The number of phenols is 1. The molecule has 5 heteroatoms. The van der Waals surface area contributed by atoms with Gasteiger partial charge in [-0.2, -0.15) is 0 Å². The molecule has 0 spiro atoms. The molecule has 100 valence electrons. The Morgan fingerprint density at radius 2 is 2.00 bits per heavy atom. The number of hydrogen-bond donors (Lipinski definition) is 4. The molecule has 0 aliphatic heterocycles. The van der Waals surface area contributed by atoms with Crippen LogP contribution in [0.25, 0.3) is 0 Å². The Hall–Kier alpha value is -1.43. The number of aliphatic hydroxyl groups is 2. The Balaban J connectivity index is 3.11. The van der Waals surface area contributed by atoms with E-state index in [-0.39, 0.29) is 30.1 Å². The standard InChI is InChI=1S/C13H19NO4/c1-7-5-10(8(2)15)12(17)6-9(7)13(18)11(16)3-4-14/h5-6,11,13,16-18H,3-4,14H2,1-2H3. The van der Waals surface area contributed by atoms with E-state index < -0.39 is 12.2 Å². The van der Waals surface area contributed by atoms with Gasteiger partial charge in [0.05, 0.1) is 11.7 Å². The second-order valence-corrected chi connectivity index (χ2v) is 4.37. The van der Waals surface area contributed by atoms with Crippen molar-refractivity contribution in [1.82, 2.24) is 0 Å². The van der Waals surface area contributed by atoms with Gasteiger partial charge in [0.2, 0.25) is 0 Å². The Morgan fingerprint density at radius 1 is 1.39 bits per heavy atom. The van der Waals surface area contributed by atoms with Crippen molar-refractivity contribution in [2.75, 3.05) is 6.54 Å². The minimum Gasteiger partial charge on any atom is -0.507 e. The minimum absolute atomic E-state index is 0.193. The second-order valence-electron chi connectivity index (χ2n) is 4.37. The van der Waals surface area contributed by atoms with Gasteiger partial charge in [0.25, 0.3) is 0 Å². The summed E-state index contributed by atoms with van der Waals surface area (Å²) in [5, 5.41) is 29.3. The van der Waals surface area contributed by atoms with Crippen LogP contribution < -0.4 is 5.73 Å². The zero-order valence-corrected chi connectivity index (χ0v) is 10.6. The fourth-order valence-electron chi connectivity index (χ4n) is 1.85. The van der Waals surface area contributed by atoms with E-state index in [0.717, 1.165) is 0 Å². The molecule has 0 fully saturated rings. The third-order valence-corrected chi connectivity index (χ3v) is 2.91. The normalized spacial score (nSPS) is 14.3. The molecule has 0 amide bonds. The van der Waals surface area contributed by atoms with Crippen molar-refractivity contribution in [2.45, 2.75) is 32.5 Å². The fraction of sp³-hybridized carbons (Fsp3) is 0.462. The lowest BCUT2D eigenvalue weighted by atomic mass is 9.94. The average Bonchev–Trinajstić information content (AvgIpc) is 2.30. The zero-order valence-electron chi connectivity index (χ0n) is 10.6. The summed E-state index contributed by atoms with van der Waals surface area (Å²) in [5.74, 6) is -0.443. The maximum atomic E-state index is 11.2. The van der Waals surface area contributed by atoms with Crippen molar-refractivity contribution in [3.8, 4) is 5.75 Å². The van der Waals surface area contributed by atoms with Gasteiger partial charge in [0, 0.05) is 0 Å². The Kier molecular flexibility index (Phi) is 4.84. The Bertz CT molecular complexity index is 445. The molecular formula is C13H19NO4. The summed E-state index contributed by atoms with van der Waals surface area (Å²) in [6.07, 6.45) is -1.85. The van der Waals surface area contributed by atoms with Crippen LogP contribution in [0.15, 0.2) is 12.1 Å². The summed E-state index contributed by atoms with van der Waals surface area (Å²) >= 11 is 0. The number of aliphatic hydroxyl groups excluding tert-OH is 2. The van der Waals surface area contributed by atoms with Crippen molar-refractivity contribution in [3.63, 3.8) is 0 Å². The van der Waals surface area contributed by atoms with Gasteiger partial charge in [-0.05, 0) is 50.1 Å². The van der Waals surface area contributed by atoms with Crippen LogP contribution in [0.4, 0.5) is 0 Å². The molecule has 0 aliphatic rings. The number of nitrogens with two attached hydrogens (primary N) is 1. The van der Waals surface area contributed by atoms with Gasteiger partial charge in [-0.3, -0.25) is 4.79 Å². The number of benzene rings is 1. The Labute approximate surface area is 106 Å². The van der Waals surface area contributed by atoms with E-state index >= 15 is 0 Å². The smallest absolute Gasteiger partial charge is 0.163 e. The summed E-state index contributed by atoms with van der Waals surface area (Å²) < 4.78 is 0. The van der Waals surface area contributed by atoms with Crippen LogP contribution >= 0.6 is 0 Å². The van der Waals surface area contributed by atoms with Crippen LogP contribution in [0.2, 0.25) is 0 Å². The van der Waals surface area contributed by atoms with Crippen LogP contribution in [0, 0.1) is 6.92 Å². The summed E-state index contributed by atoms with van der Waals surface area (Å²) in [4.78, 5) is 11.2. The SMILES string of the molecule is CC(=O)c1cc(C)c(C(O)C(O)CCN)cc1O. The highest BCUT2D eigenvalue weighted by molar-refractivity contribution is 5.97. The summed E-state index contributed by atoms with van der Waals surface area (Å²) in [5.41, 5.74) is 6.56. The predicted octanol–water partition coefficient (Wildman–Crippen LogP) is 0.646. The Morgan fingerprint density at radius 3 is 2.50 bits per heavy atom. The minimum atomic E-state index is -1.12. The molecular weight excluding hydrogens is 234 g/mol. The van der Waals surface area contributed by atoms with E-state index in [2.05, 4.69) is 0 Å². The van der Waals surface area contributed by atoms with Crippen molar-refractivity contribution in [3.05, 3.63) is 28.8 Å². The number of hydrogen-bond acceptors (Lipinski definition) is 5. The van der Waals surface area contributed by atoms with Crippen LogP contribution in [0.1, 0.15) is 40.9 Å². The van der Waals surface area contributed by atoms with Crippen molar-refractivity contribution in [2.24, 2.45) is 5.73 Å². The maximum Gasteiger partial charge on any atom is 0.163 e. The molecule has 1 aromatic rings. The molecule has 0 bridgehead atoms. The lowest BCUT2D eigenvalue weighted by Crippen LogP contribution is -2.22. The molecule has 18 heavy (non-hydrogen) atoms. The first-order chi connectivity index (χ1) is 8.38. The van der Waals surface area contributed by atoms with E-state index in [1.54, 1.807) is 6.92 Å². The number of aryl methyl sites for hydroxylation is 1. The summed E-state index contributed by atoms with van der Waals surface area (Å²) in [6, 6.07) is 2.82. The first-order valence-corrected chi connectivity index (χ1v) is 5.79. The van der Waals surface area contributed by atoms with Gasteiger partial charge in [-0.25, -0.2) is 0 Å². The highest BCUT2D eigenvalue weighted by atomic mass is 16.3. The molecule has 2 unspecified atom stereocenters. The predicted molar refractivity (Wildman–Crippen MR) is 67.5 cm³/mol. The second kappa shape index (κ2) is 5.95. The molecule has 1 aromatic carbocycles. The monoisotopic (exact) mass is 253 g/mol. The lowest BCUT2D eigenvalue weighted by Gasteiger charge is -2.20. The number of rotatable bonds is 5. The topological polar surface area (TPSA) is 104 Å². The van der Waals surface area contributed by atoms with Crippen molar-refractivity contribution >= 4 is 5.78 Å². The molecule has 0 saturated carbocycles. The third kappa shape index (κ3) is 3.07. The zero-order chi connectivity index (χ0) is 13.9. The summed E-state index contributed by atoms with van der Waals surface area (Å²) in [7, 11) is 0. The number of carbonyl (C=O) groups is 1. The average molecular weight is 253 g/mol. The van der Waals surface area contributed by atoms with Gasteiger partial charge in [-0.1, -0.05) is 0 Å². The van der Waals surface area contributed by atoms with Crippen LogP contribution in [0.5, 0.6) is 5.75 Å². The van der Waals surface area contributed by atoms with Crippen LogP contribution in [-0.4, -0.2) is 33.8 Å². The molecule has 0 aliphatic carbocycles. The van der Waals surface area contributed by atoms with Crippen molar-refractivity contribution in [1.29, 1.82) is 0 Å². The summed E-state index contributed by atoms with van der Waals surface area (Å²) in [6.45, 7) is 3.32. The van der Waals surface area contributed by atoms with E-state index in [1.807, 2.05) is 0 Å². The molecule has 0 aromatic heterocycles. The highest BCUT2D eigenvalue weighted by Crippen LogP contribution is 2.29. The highest BCUT2D eigenvalue weighted by Gasteiger charge is 2.21. The van der Waals surface area contributed by atoms with Gasteiger partial charge in [-0.15, -0.1) is 0 Å². The van der Waals surface area contributed by atoms with Crippen molar-refractivity contribution < 1.29 is 20.1 Å². The largest absolute Gasteiger partial charge is 0.507 e. The molecule has 0 saturated heterocycles. The molecule has 0 heterocycles.